The summed E-state index contributed by atoms with van der Waals surface area (Å²) in [7, 11) is 0. The molecule has 0 amide bonds. The second-order valence-electron chi connectivity index (χ2n) is 2.39. The molecule has 1 rings (SSSR count). The van der Waals surface area contributed by atoms with E-state index in [-0.39, 0.29) is 0 Å². The van der Waals surface area contributed by atoms with Crippen molar-refractivity contribution in [3.8, 4) is 0 Å². The molecule has 0 saturated carbocycles. The van der Waals surface area contributed by atoms with Gasteiger partial charge in [0.25, 0.3) is 0 Å². The molecule has 1 aromatic rings. The molecule has 0 radical (unpaired) electrons. The van der Waals surface area contributed by atoms with E-state index in [1.165, 1.54) is 4.80 Å². The third-order valence-corrected chi connectivity index (χ3v) is 1.35. The van der Waals surface area contributed by atoms with Crippen molar-refractivity contribution < 1.29 is 0 Å². The van der Waals surface area contributed by atoms with Gasteiger partial charge in [-0.15, -0.1) is 0 Å². The van der Waals surface area contributed by atoms with E-state index in [1.54, 1.807) is 18.5 Å². The van der Waals surface area contributed by atoms with E-state index >= 15 is 0 Å². The lowest BCUT2D eigenvalue weighted by Gasteiger charge is -2.02. The molecule has 0 saturated heterocycles. The Balaban J connectivity index is 0.000000791. The molecule has 76 valence electrons. The van der Waals surface area contributed by atoms with Gasteiger partial charge in [-0.3, -0.25) is 0 Å². The number of rotatable bonds is 3. The van der Waals surface area contributed by atoms with E-state index in [2.05, 4.69) is 23.4 Å². The molecule has 14 heavy (non-hydrogen) atoms. The predicted molar refractivity (Wildman–Crippen MR) is 60.7 cm³/mol. The zero-order valence-corrected chi connectivity index (χ0v) is 9.07. The van der Waals surface area contributed by atoms with Crippen molar-refractivity contribution in [1.82, 2.24) is 15.0 Å². The molecule has 1 heterocycles. The number of nitrogens with zero attached hydrogens (tertiary/aromatic N) is 3. The SMILES string of the molecule is C=C/C=C(\C(=C)C)n1nccn1.CC. The summed E-state index contributed by atoms with van der Waals surface area (Å²) in [5.41, 5.74) is 1.76. The van der Waals surface area contributed by atoms with Crippen molar-refractivity contribution in [1.29, 1.82) is 0 Å². The Labute approximate surface area is 85.4 Å². The van der Waals surface area contributed by atoms with Gasteiger partial charge in [0.1, 0.15) is 0 Å². The molecule has 3 heteroatoms. The summed E-state index contributed by atoms with van der Waals surface area (Å²) in [6, 6.07) is 0. The highest BCUT2D eigenvalue weighted by Crippen LogP contribution is 2.10. The summed E-state index contributed by atoms with van der Waals surface area (Å²) in [5, 5.41) is 7.97. The van der Waals surface area contributed by atoms with Crippen LogP contribution in [0.15, 0.2) is 43.3 Å². The minimum absolute atomic E-state index is 0.856. The maximum Gasteiger partial charge on any atom is 0.0879 e. The van der Waals surface area contributed by atoms with Gasteiger partial charge < -0.3 is 0 Å². The van der Waals surface area contributed by atoms with Gasteiger partial charge >= 0.3 is 0 Å². The first-order valence-corrected chi connectivity index (χ1v) is 4.61. The first-order valence-electron chi connectivity index (χ1n) is 4.61. The Morgan fingerprint density at radius 3 is 2.14 bits per heavy atom. The van der Waals surface area contributed by atoms with Crippen molar-refractivity contribution >= 4 is 5.70 Å². The molecule has 0 aliphatic heterocycles. The standard InChI is InChI=1S/C9H11N3.C2H6/c1-4-5-9(8(2)3)12-10-6-7-11-12;1-2/h4-7H,1-2H2,3H3;1-2H3/b9-5+;. The van der Waals surface area contributed by atoms with Crippen LogP contribution >= 0.6 is 0 Å². The van der Waals surface area contributed by atoms with E-state index in [9.17, 15) is 0 Å². The lowest BCUT2D eigenvalue weighted by molar-refractivity contribution is 0.770. The van der Waals surface area contributed by atoms with Crippen molar-refractivity contribution in [2.45, 2.75) is 20.8 Å². The molecule has 0 bridgehead atoms. The van der Waals surface area contributed by atoms with Crippen molar-refractivity contribution in [3.63, 3.8) is 0 Å². The molecule has 0 atom stereocenters. The fourth-order valence-corrected chi connectivity index (χ4v) is 0.831. The minimum atomic E-state index is 0.856. The van der Waals surface area contributed by atoms with Gasteiger partial charge in [-0.25, -0.2) is 0 Å². The topological polar surface area (TPSA) is 30.7 Å². The van der Waals surface area contributed by atoms with E-state index < -0.39 is 0 Å². The summed E-state index contributed by atoms with van der Waals surface area (Å²) in [5.74, 6) is 0. The zero-order chi connectivity index (χ0) is 11.0. The molecule has 0 unspecified atom stereocenters. The highest BCUT2D eigenvalue weighted by Gasteiger charge is 1.99. The van der Waals surface area contributed by atoms with Crippen molar-refractivity contribution in [2.24, 2.45) is 0 Å². The average Bonchev–Trinajstić information content (AvgIpc) is 2.69. The number of allylic oxidation sites excluding steroid dienone is 4. The van der Waals surface area contributed by atoms with Crippen LogP contribution < -0.4 is 0 Å². The highest BCUT2D eigenvalue weighted by atomic mass is 15.5. The first-order chi connectivity index (χ1) is 6.75. The van der Waals surface area contributed by atoms with Gasteiger partial charge in [0, 0.05) is 0 Å². The maximum atomic E-state index is 3.99. The Kier molecular flexibility index (Phi) is 6.03. The van der Waals surface area contributed by atoms with E-state index in [0.29, 0.717) is 0 Å². The lowest BCUT2D eigenvalue weighted by Crippen LogP contribution is -2.01. The second-order valence-corrected chi connectivity index (χ2v) is 2.39. The van der Waals surface area contributed by atoms with Gasteiger partial charge in [-0.2, -0.15) is 15.0 Å². The Morgan fingerprint density at radius 1 is 1.29 bits per heavy atom. The molecule has 0 fully saturated rings. The Hall–Kier alpha value is -1.64. The van der Waals surface area contributed by atoms with Crippen molar-refractivity contribution in [3.05, 3.63) is 43.3 Å². The minimum Gasteiger partial charge on any atom is -0.157 e. The highest BCUT2D eigenvalue weighted by molar-refractivity contribution is 5.62. The smallest absolute Gasteiger partial charge is 0.0879 e. The van der Waals surface area contributed by atoms with Crippen LogP contribution in [0.2, 0.25) is 0 Å². The molecule has 1 aromatic heterocycles. The molecular formula is C11H17N3. The third kappa shape index (κ3) is 3.39. The monoisotopic (exact) mass is 191 g/mol. The first kappa shape index (κ1) is 12.4. The van der Waals surface area contributed by atoms with Crippen LogP contribution in [0.25, 0.3) is 5.70 Å². The largest absolute Gasteiger partial charge is 0.157 e. The van der Waals surface area contributed by atoms with Gasteiger partial charge in [0.05, 0.1) is 18.1 Å². The Morgan fingerprint density at radius 2 is 1.79 bits per heavy atom. The quantitative estimate of drug-likeness (QED) is 0.688. The molecule has 0 aromatic carbocycles. The van der Waals surface area contributed by atoms with Gasteiger partial charge in [-0.05, 0) is 18.6 Å². The van der Waals surface area contributed by atoms with Crippen LogP contribution in [0.5, 0.6) is 0 Å². The second kappa shape index (κ2) is 6.83. The van der Waals surface area contributed by atoms with Gasteiger partial charge in [0.15, 0.2) is 0 Å². The van der Waals surface area contributed by atoms with Crippen LogP contribution in [0, 0.1) is 0 Å². The van der Waals surface area contributed by atoms with Gasteiger partial charge in [0.2, 0.25) is 0 Å². The predicted octanol–water partition coefficient (Wildman–Crippen LogP) is 2.91. The van der Waals surface area contributed by atoms with Crippen LogP contribution in [0.4, 0.5) is 0 Å². The third-order valence-electron chi connectivity index (χ3n) is 1.35. The van der Waals surface area contributed by atoms with E-state index in [4.69, 9.17) is 0 Å². The number of hydrogen-bond donors (Lipinski definition) is 0. The number of hydrogen-bond acceptors (Lipinski definition) is 2. The van der Waals surface area contributed by atoms with Crippen LogP contribution in [0.1, 0.15) is 20.8 Å². The van der Waals surface area contributed by atoms with Crippen LogP contribution in [-0.4, -0.2) is 15.0 Å². The molecule has 3 nitrogen and oxygen atoms in total. The summed E-state index contributed by atoms with van der Waals surface area (Å²) >= 11 is 0. The average molecular weight is 191 g/mol. The normalized spacial score (nSPS) is 10.1. The molecule has 0 spiro atoms. The fourth-order valence-electron chi connectivity index (χ4n) is 0.831. The van der Waals surface area contributed by atoms with Gasteiger partial charge in [-0.1, -0.05) is 33.1 Å². The van der Waals surface area contributed by atoms with E-state index in [1.807, 2.05) is 26.8 Å². The fraction of sp³-hybridized carbons (Fsp3) is 0.273. The summed E-state index contributed by atoms with van der Waals surface area (Å²) in [4.78, 5) is 1.52. The lowest BCUT2D eigenvalue weighted by atomic mass is 10.2. The summed E-state index contributed by atoms with van der Waals surface area (Å²) in [6.45, 7) is 13.3. The maximum absolute atomic E-state index is 3.99. The van der Waals surface area contributed by atoms with Crippen LogP contribution in [-0.2, 0) is 0 Å². The number of aromatic nitrogens is 3. The van der Waals surface area contributed by atoms with Crippen molar-refractivity contribution in [2.75, 3.05) is 0 Å². The summed E-state index contributed by atoms with van der Waals surface area (Å²) in [6.07, 6.45) is 6.76. The Bertz CT molecular complexity index is 307. The molecule has 0 aliphatic rings. The zero-order valence-electron chi connectivity index (χ0n) is 9.07. The molecular weight excluding hydrogens is 174 g/mol. The van der Waals surface area contributed by atoms with E-state index in [0.717, 1.165) is 11.3 Å². The van der Waals surface area contributed by atoms with Crippen LogP contribution in [0.3, 0.4) is 0 Å². The molecule has 0 aliphatic carbocycles. The molecule has 0 N–H and O–H groups in total. The summed E-state index contributed by atoms with van der Waals surface area (Å²) < 4.78 is 0.